The van der Waals surface area contributed by atoms with Crippen LogP contribution in [0.3, 0.4) is 0 Å². The van der Waals surface area contributed by atoms with Gasteiger partial charge in [-0.15, -0.1) is 0 Å². The molecule has 1 aromatic heterocycles. The molecule has 0 aliphatic heterocycles. The predicted octanol–water partition coefficient (Wildman–Crippen LogP) is 3.45. The van der Waals surface area contributed by atoms with Crippen LogP contribution in [0.5, 0.6) is 0 Å². The molecule has 1 aromatic rings. The summed E-state index contributed by atoms with van der Waals surface area (Å²) in [5.74, 6) is 0.397. The maximum absolute atomic E-state index is 12.1. The minimum atomic E-state index is -0.282. The molecule has 0 saturated heterocycles. The van der Waals surface area contributed by atoms with E-state index in [2.05, 4.69) is 25.8 Å². The molecule has 0 spiro atoms. The lowest BCUT2D eigenvalue weighted by Crippen LogP contribution is -2.38. The summed E-state index contributed by atoms with van der Waals surface area (Å²) in [6, 6.07) is 5.33. The third-order valence-electron chi connectivity index (χ3n) is 5.84. The lowest BCUT2D eigenvalue weighted by Gasteiger charge is -2.38. The van der Waals surface area contributed by atoms with Crippen molar-refractivity contribution >= 4 is 5.97 Å². The molecular formula is C16H21NO2. The van der Waals surface area contributed by atoms with Crippen LogP contribution < -0.4 is 0 Å². The second-order valence-corrected chi connectivity index (χ2v) is 6.72. The van der Waals surface area contributed by atoms with Crippen molar-refractivity contribution in [3.63, 3.8) is 0 Å². The highest BCUT2D eigenvalue weighted by atomic mass is 16.5. The van der Waals surface area contributed by atoms with Gasteiger partial charge in [-0.05, 0) is 42.7 Å². The first-order chi connectivity index (χ1) is 8.95. The molecule has 0 amide bonds. The van der Waals surface area contributed by atoms with E-state index in [0.29, 0.717) is 11.6 Å². The van der Waals surface area contributed by atoms with E-state index < -0.39 is 0 Å². The number of fused-ring (bicyclic) bond motifs is 2. The number of pyridine rings is 1. The number of hydrogen-bond donors (Lipinski definition) is 0. The van der Waals surface area contributed by atoms with E-state index in [4.69, 9.17) is 4.74 Å². The standard InChI is InChI=1S/C16H21NO2/c1-15(2)11-7-8-16(15,3)13(10-11)19-14(18)12-6-4-5-9-17-12/h4-6,9,11,13H,7-8,10H2,1-3H3/t11-,13-,16+/m0/s1. The predicted molar refractivity (Wildman–Crippen MR) is 72.7 cm³/mol. The quantitative estimate of drug-likeness (QED) is 0.764. The van der Waals surface area contributed by atoms with Gasteiger partial charge in [-0.25, -0.2) is 9.78 Å². The van der Waals surface area contributed by atoms with Crippen LogP contribution in [-0.4, -0.2) is 17.1 Å². The maximum atomic E-state index is 12.1. The Morgan fingerprint density at radius 3 is 2.68 bits per heavy atom. The Morgan fingerprint density at radius 2 is 2.16 bits per heavy atom. The zero-order valence-corrected chi connectivity index (χ0v) is 11.8. The van der Waals surface area contributed by atoms with Gasteiger partial charge in [0.05, 0.1) is 0 Å². The third-order valence-corrected chi connectivity index (χ3v) is 5.84. The first-order valence-electron chi connectivity index (χ1n) is 7.07. The molecule has 3 heteroatoms. The zero-order chi connectivity index (χ0) is 13.7. The molecule has 19 heavy (non-hydrogen) atoms. The fourth-order valence-corrected chi connectivity index (χ4v) is 3.98. The van der Waals surface area contributed by atoms with Gasteiger partial charge in [0.15, 0.2) is 0 Å². The molecule has 0 radical (unpaired) electrons. The average molecular weight is 259 g/mol. The number of carbonyl (C=O) groups excluding carboxylic acids is 1. The number of esters is 1. The molecule has 3 rings (SSSR count). The van der Waals surface area contributed by atoms with Gasteiger partial charge >= 0.3 is 5.97 Å². The molecule has 2 saturated carbocycles. The summed E-state index contributed by atoms with van der Waals surface area (Å²) in [4.78, 5) is 16.2. The van der Waals surface area contributed by atoms with Crippen LogP contribution in [0.25, 0.3) is 0 Å². The van der Waals surface area contributed by atoms with Crippen molar-refractivity contribution in [2.45, 2.75) is 46.1 Å². The van der Waals surface area contributed by atoms with Gasteiger partial charge in [0.25, 0.3) is 0 Å². The number of ether oxygens (including phenoxy) is 1. The minimum Gasteiger partial charge on any atom is -0.457 e. The van der Waals surface area contributed by atoms with E-state index in [1.165, 1.54) is 6.42 Å². The van der Waals surface area contributed by atoms with Crippen molar-refractivity contribution in [1.29, 1.82) is 0 Å². The van der Waals surface area contributed by atoms with E-state index in [0.717, 1.165) is 12.8 Å². The summed E-state index contributed by atoms with van der Waals surface area (Å²) in [6.07, 6.45) is 5.09. The molecule has 3 nitrogen and oxygen atoms in total. The summed E-state index contributed by atoms with van der Waals surface area (Å²) in [5.41, 5.74) is 0.788. The lowest BCUT2D eigenvalue weighted by molar-refractivity contribution is -0.0247. The van der Waals surface area contributed by atoms with Crippen molar-refractivity contribution < 1.29 is 9.53 Å². The molecular weight excluding hydrogens is 238 g/mol. The molecule has 3 atom stereocenters. The molecule has 0 unspecified atom stereocenters. The summed E-state index contributed by atoms with van der Waals surface area (Å²) >= 11 is 0. The maximum Gasteiger partial charge on any atom is 0.357 e. The highest BCUT2D eigenvalue weighted by Crippen LogP contribution is 2.66. The Hall–Kier alpha value is -1.38. The van der Waals surface area contributed by atoms with Gasteiger partial charge < -0.3 is 4.74 Å². The molecule has 2 bridgehead atoms. The van der Waals surface area contributed by atoms with Crippen LogP contribution >= 0.6 is 0 Å². The Labute approximate surface area is 114 Å². The molecule has 102 valence electrons. The third kappa shape index (κ3) is 1.71. The SMILES string of the molecule is CC1(C)[C@H]2CC[C@]1(C)[C@@H](OC(=O)c1ccccn1)C2. The Balaban J connectivity index is 1.78. The van der Waals surface area contributed by atoms with Crippen LogP contribution in [0, 0.1) is 16.7 Å². The van der Waals surface area contributed by atoms with E-state index >= 15 is 0 Å². The van der Waals surface area contributed by atoms with E-state index in [1.807, 2.05) is 6.07 Å². The highest BCUT2D eigenvalue weighted by Gasteiger charge is 2.62. The fraction of sp³-hybridized carbons (Fsp3) is 0.625. The van der Waals surface area contributed by atoms with Crippen molar-refractivity contribution in [3.8, 4) is 0 Å². The molecule has 2 aliphatic rings. The largest absolute Gasteiger partial charge is 0.457 e. The highest BCUT2D eigenvalue weighted by molar-refractivity contribution is 5.87. The molecule has 0 N–H and O–H groups in total. The van der Waals surface area contributed by atoms with Gasteiger partial charge in [0, 0.05) is 11.6 Å². The lowest BCUT2D eigenvalue weighted by atomic mass is 9.70. The zero-order valence-electron chi connectivity index (χ0n) is 11.8. The second-order valence-electron chi connectivity index (χ2n) is 6.72. The van der Waals surface area contributed by atoms with Crippen molar-refractivity contribution in [1.82, 2.24) is 4.98 Å². The first kappa shape index (κ1) is 12.6. The summed E-state index contributed by atoms with van der Waals surface area (Å²) in [7, 11) is 0. The molecule has 2 fully saturated rings. The number of rotatable bonds is 2. The summed E-state index contributed by atoms with van der Waals surface area (Å²) < 4.78 is 5.77. The van der Waals surface area contributed by atoms with E-state index in [9.17, 15) is 4.79 Å². The Bertz CT molecular complexity index is 497. The normalized spacial score (nSPS) is 35.3. The van der Waals surface area contributed by atoms with Gasteiger partial charge in [-0.1, -0.05) is 26.8 Å². The molecule has 2 aliphatic carbocycles. The number of carbonyl (C=O) groups is 1. The Morgan fingerprint density at radius 1 is 1.37 bits per heavy atom. The number of aromatic nitrogens is 1. The van der Waals surface area contributed by atoms with Crippen LogP contribution in [0.15, 0.2) is 24.4 Å². The topological polar surface area (TPSA) is 39.2 Å². The van der Waals surface area contributed by atoms with Gasteiger partial charge in [0.2, 0.25) is 0 Å². The van der Waals surface area contributed by atoms with Gasteiger partial charge in [-0.3, -0.25) is 0 Å². The smallest absolute Gasteiger partial charge is 0.357 e. The van der Waals surface area contributed by atoms with Gasteiger partial charge in [0.1, 0.15) is 11.8 Å². The Kier molecular flexibility index (Phi) is 2.70. The van der Waals surface area contributed by atoms with Crippen LogP contribution in [0.2, 0.25) is 0 Å². The number of hydrogen-bond acceptors (Lipinski definition) is 3. The van der Waals surface area contributed by atoms with Crippen LogP contribution in [-0.2, 0) is 4.74 Å². The van der Waals surface area contributed by atoms with Crippen LogP contribution in [0.1, 0.15) is 50.5 Å². The number of nitrogens with zero attached hydrogens (tertiary/aromatic N) is 1. The minimum absolute atomic E-state index is 0.0377. The first-order valence-corrected chi connectivity index (χ1v) is 7.07. The van der Waals surface area contributed by atoms with Crippen LogP contribution in [0.4, 0.5) is 0 Å². The van der Waals surface area contributed by atoms with Gasteiger partial charge in [-0.2, -0.15) is 0 Å². The second kappa shape index (κ2) is 4.06. The van der Waals surface area contributed by atoms with Crippen molar-refractivity contribution in [2.75, 3.05) is 0 Å². The van der Waals surface area contributed by atoms with Crippen molar-refractivity contribution in [3.05, 3.63) is 30.1 Å². The average Bonchev–Trinajstić information content (AvgIpc) is 2.73. The van der Waals surface area contributed by atoms with E-state index in [1.54, 1.807) is 18.3 Å². The summed E-state index contributed by atoms with van der Waals surface area (Å²) in [6.45, 7) is 6.91. The van der Waals surface area contributed by atoms with Crippen molar-refractivity contribution in [2.24, 2.45) is 16.7 Å². The molecule has 0 aromatic carbocycles. The van der Waals surface area contributed by atoms with E-state index in [-0.39, 0.29) is 22.9 Å². The molecule has 1 heterocycles. The fourth-order valence-electron chi connectivity index (χ4n) is 3.98. The monoisotopic (exact) mass is 259 g/mol. The summed E-state index contributed by atoms with van der Waals surface area (Å²) in [5, 5.41) is 0.